The molecule has 0 spiro atoms. The van der Waals surface area contributed by atoms with Gasteiger partial charge >= 0.3 is 0 Å². The third-order valence-electron chi connectivity index (χ3n) is 1.14. The van der Waals surface area contributed by atoms with Gasteiger partial charge in [-0.1, -0.05) is 6.07 Å². The smallest absolute Gasteiger partial charge is 0.0572 e. The van der Waals surface area contributed by atoms with Crippen molar-refractivity contribution in [3.8, 4) is 0 Å². The molecule has 0 radical (unpaired) electrons. The Morgan fingerprint density at radius 3 is 2.78 bits per heavy atom. The largest absolute Gasteiger partial charge is 0.264 e. The number of aromatic nitrogens is 1. The van der Waals surface area contributed by atoms with Crippen LogP contribution in [-0.2, 0) is 0 Å². The van der Waals surface area contributed by atoms with Crippen molar-refractivity contribution >= 4 is 11.6 Å². The summed E-state index contributed by atoms with van der Waals surface area (Å²) in [6, 6.07) is 3.85. The zero-order chi connectivity index (χ0) is 6.69. The quantitative estimate of drug-likeness (QED) is 0.548. The van der Waals surface area contributed by atoms with E-state index in [2.05, 4.69) is 4.98 Å². The molecular formula is C7H8ClN. The Kier molecular flexibility index (Phi) is 2.06. The van der Waals surface area contributed by atoms with Gasteiger partial charge in [0.15, 0.2) is 0 Å². The first-order valence-corrected chi connectivity index (χ1v) is 3.28. The average Bonchev–Trinajstić information content (AvgIpc) is 1.90. The van der Waals surface area contributed by atoms with Crippen molar-refractivity contribution in [3.05, 3.63) is 30.1 Å². The molecule has 0 aliphatic heterocycles. The monoisotopic (exact) mass is 141 g/mol. The fourth-order valence-electron chi connectivity index (χ4n) is 0.611. The highest BCUT2D eigenvalue weighted by atomic mass is 35.5. The van der Waals surface area contributed by atoms with E-state index >= 15 is 0 Å². The van der Waals surface area contributed by atoms with E-state index in [9.17, 15) is 0 Å². The Hall–Kier alpha value is -0.560. The zero-order valence-electron chi connectivity index (χ0n) is 5.21. The SMILES string of the molecule is C[C@@H](Cl)c1cccnc1. The predicted octanol–water partition coefficient (Wildman–Crippen LogP) is 2.38. The maximum atomic E-state index is 5.76. The second kappa shape index (κ2) is 2.83. The van der Waals surface area contributed by atoms with Gasteiger partial charge in [-0.05, 0) is 18.6 Å². The van der Waals surface area contributed by atoms with E-state index in [0.717, 1.165) is 5.56 Å². The number of hydrogen-bond donors (Lipinski definition) is 0. The topological polar surface area (TPSA) is 12.9 Å². The fourth-order valence-corrected chi connectivity index (χ4v) is 0.740. The van der Waals surface area contributed by atoms with Gasteiger partial charge in [-0.3, -0.25) is 4.98 Å². The Bertz CT molecular complexity index is 172. The van der Waals surface area contributed by atoms with E-state index in [1.165, 1.54) is 0 Å². The second-order valence-corrected chi connectivity index (χ2v) is 2.56. The van der Waals surface area contributed by atoms with Crippen molar-refractivity contribution < 1.29 is 0 Å². The number of hydrogen-bond acceptors (Lipinski definition) is 1. The first-order valence-electron chi connectivity index (χ1n) is 2.84. The van der Waals surface area contributed by atoms with Gasteiger partial charge in [0.2, 0.25) is 0 Å². The van der Waals surface area contributed by atoms with Gasteiger partial charge < -0.3 is 0 Å². The standard InChI is InChI=1S/C7H8ClN/c1-6(8)7-3-2-4-9-5-7/h2-6H,1H3/t6-/m1/s1. The van der Waals surface area contributed by atoms with Crippen LogP contribution in [0.1, 0.15) is 17.9 Å². The van der Waals surface area contributed by atoms with E-state index in [1.54, 1.807) is 12.4 Å². The maximum Gasteiger partial charge on any atom is 0.0572 e. The molecule has 0 saturated heterocycles. The van der Waals surface area contributed by atoms with Crippen molar-refractivity contribution in [2.45, 2.75) is 12.3 Å². The molecule has 1 heterocycles. The number of nitrogens with zero attached hydrogens (tertiary/aromatic N) is 1. The van der Waals surface area contributed by atoms with Crippen LogP contribution in [0, 0.1) is 0 Å². The summed E-state index contributed by atoms with van der Waals surface area (Å²) in [7, 11) is 0. The lowest BCUT2D eigenvalue weighted by Gasteiger charge is -1.98. The van der Waals surface area contributed by atoms with Crippen LogP contribution in [-0.4, -0.2) is 4.98 Å². The van der Waals surface area contributed by atoms with Crippen molar-refractivity contribution in [1.29, 1.82) is 0 Å². The molecule has 48 valence electrons. The third kappa shape index (κ3) is 1.68. The molecule has 0 fully saturated rings. The van der Waals surface area contributed by atoms with Gasteiger partial charge in [-0.2, -0.15) is 0 Å². The van der Waals surface area contributed by atoms with E-state index in [4.69, 9.17) is 11.6 Å². The molecule has 1 atom stereocenters. The highest BCUT2D eigenvalue weighted by Crippen LogP contribution is 2.16. The van der Waals surface area contributed by atoms with Crippen LogP contribution in [0.4, 0.5) is 0 Å². The summed E-state index contributed by atoms with van der Waals surface area (Å²) < 4.78 is 0. The fraction of sp³-hybridized carbons (Fsp3) is 0.286. The lowest BCUT2D eigenvalue weighted by Crippen LogP contribution is -1.82. The van der Waals surface area contributed by atoms with E-state index in [1.807, 2.05) is 19.1 Å². The molecular weight excluding hydrogens is 134 g/mol. The van der Waals surface area contributed by atoms with E-state index < -0.39 is 0 Å². The summed E-state index contributed by atoms with van der Waals surface area (Å²) in [6.07, 6.45) is 3.51. The number of pyridine rings is 1. The minimum atomic E-state index is 0.0682. The molecule has 1 aromatic rings. The molecule has 0 aliphatic rings. The van der Waals surface area contributed by atoms with Crippen LogP contribution < -0.4 is 0 Å². The summed E-state index contributed by atoms with van der Waals surface area (Å²) in [6.45, 7) is 1.93. The summed E-state index contributed by atoms with van der Waals surface area (Å²) in [4.78, 5) is 3.92. The van der Waals surface area contributed by atoms with Crippen molar-refractivity contribution in [3.63, 3.8) is 0 Å². The predicted molar refractivity (Wildman–Crippen MR) is 38.5 cm³/mol. The molecule has 0 aromatic carbocycles. The van der Waals surface area contributed by atoms with E-state index in [0.29, 0.717) is 0 Å². The van der Waals surface area contributed by atoms with Gasteiger partial charge in [0, 0.05) is 12.4 Å². The Morgan fingerprint density at radius 1 is 1.67 bits per heavy atom. The molecule has 0 N–H and O–H groups in total. The minimum absolute atomic E-state index is 0.0682. The van der Waals surface area contributed by atoms with E-state index in [-0.39, 0.29) is 5.38 Å². The Morgan fingerprint density at radius 2 is 2.44 bits per heavy atom. The summed E-state index contributed by atoms with van der Waals surface area (Å²) >= 11 is 5.76. The molecule has 0 unspecified atom stereocenters. The third-order valence-corrected chi connectivity index (χ3v) is 1.40. The Balaban J connectivity index is 2.85. The lowest BCUT2D eigenvalue weighted by atomic mass is 10.2. The molecule has 1 aromatic heterocycles. The van der Waals surface area contributed by atoms with Crippen molar-refractivity contribution in [2.24, 2.45) is 0 Å². The molecule has 2 heteroatoms. The first-order chi connectivity index (χ1) is 4.30. The average molecular weight is 142 g/mol. The van der Waals surface area contributed by atoms with Crippen LogP contribution in [0.5, 0.6) is 0 Å². The number of rotatable bonds is 1. The van der Waals surface area contributed by atoms with Crippen LogP contribution in [0.25, 0.3) is 0 Å². The van der Waals surface area contributed by atoms with Crippen LogP contribution >= 0.6 is 11.6 Å². The first kappa shape index (κ1) is 6.56. The minimum Gasteiger partial charge on any atom is -0.264 e. The summed E-state index contributed by atoms with van der Waals surface area (Å²) in [5.74, 6) is 0. The van der Waals surface area contributed by atoms with Crippen molar-refractivity contribution in [2.75, 3.05) is 0 Å². The van der Waals surface area contributed by atoms with Gasteiger partial charge in [0.25, 0.3) is 0 Å². The van der Waals surface area contributed by atoms with Crippen LogP contribution in [0.3, 0.4) is 0 Å². The van der Waals surface area contributed by atoms with Gasteiger partial charge in [0.05, 0.1) is 5.38 Å². The van der Waals surface area contributed by atoms with Crippen LogP contribution in [0.15, 0.2) is 24.5 Å². The lowest BCUT2D eigenvalue weighted by molar-refractivity contribution is 1.06. The summed E-state index contributed by atoms with van der Waals surface area (Å²) in [5.41, 5.74) is 1.07. The van der Waals surface area contributed by atoms with Gasteiger partial charge in [0.1, 0.15) is 0 Å². The second-order valence-electron chi connectivity index (χ2n) is 1.90. The molecule has 0 bridgehead atoms. The molecule has 0 amide bonds. The Labute approximate surface area is 59.7 Å². The normalized spacial score (nSPS) is 13.1. The van der Waals surface area contributed by atoms with Crippen molar-refractivity contribution in [1.82, 2.24) is 4.98 Å². The van der Waals surface area contributed by atoms with Crippen LogP contribution in [0.2, 0.25) is 0 Å². The van der Waals surface area contributed by atoms with Gasteiger partial charge in [-0.25, -0.2) is 0 Å². The summed E-state index contributed by atoms with van der Waals surface area (Å²) in [5, 5.41) is 0.0682. The highest BCUT2D eigenvalue weighted by Gasteiger charge is 1.96. The molecule has 0 aliphatic carbocycles. The number of halogens is 1. The molecule has 1 rings (SSSR count). The molecule has 9 heavy (non-hydrogen) atoms. The maximum absolute atomic E-state index is 5.76. The van der Waals surface area contributed by atoms with Gasteiger partial charge in [-0.15, -0.1) is 11.6 Å². The number of alkyl halides is 1. The molecule has 0 saturated carbocycles. The highest BCUT2D eigenvalue weighted by molar-refractivity contribution is 6.20. The zero-order valence-corrected chi connectivity index (χ0v) is 5.97. The molecule has 1 nitrogen and oxygen atoms in total.